The summed E-state index contributed by atoms with van der Waals surface area (Å²) in [6.07, 6.45) is 3.59. The number of rotatable bonds is 1. The summed E-state index contributed by atoms with van der Waals surface area (Å²) in [5.41, 5.74) is 3.78. The Labute approximate surface area is 99.9 Å². The van der Waals surface area contributed by atoms with E-state index in [9.17, 15) is 0 Å². The van der Waals surface area contributed by atoms with Crippen molar-refractivity contribution in [3.8, 4) is 11.1 Å². The number of benzene rings is 2. The van der Waals surface area contributed by atoms with E-state index in [2.05, 4.69) is 59.6 Å². The van der Waals surface area contributed by atoms with Crippen molar-refractivity contribution in [2.24, 2.45) is 0 Å². The van der Waals surface area contributed by atoms with Gasteiger partial charge in [0.2, 0.25) is 0 Å². The molecule has 0 atom stereocenters. The molecule has 0 aliphatic carbocycles. The van der Waals surface area contributed by atoms with Gasteiger partial charge in [0.05, 0.1) is 12.4 Å². The molecule has 0 saturated heterocycles. The highest BCUT2D eigenvalue weighted by Crippen LogP contribution is 2.26. The average molecular weight is 220 g/mol. The summed E-state index contributed by atoms with van der Waals surface area (Å²) in [5, 5.41) is 10.1. The lowest BCUT2D eigenvalue weighted by atomic mass is 9.99. The lowest BCUT2D eigenvalue weighted by molar-refractivity contribution is 1.05. The minimum absolute atomic E-state index is 1.12. The summed E-state index contributed by atoms with van der Waals surface area (Å²) < 4.78 is 0. The molecule has 0 spiro atoms. The quantitative estimate of drug-likeness (QED) is 0.626. The minimum Gasteiger partial charge on any atom is -0.158 e. The van der Waals surface area contributed by atoms with Crippen LogP contribution in [0.5, 0.6) is 0 Å². The van der Waals surface area contributed by atoms with Gasteiger partial charge in [0, 0.05) is 10.8 Å². The van der Waals surface area contributed by atoms with Crippen molar-refractivity contribution in [1.82, 2.24) is 10.2 Å². The van der Waals surface area contributed by atoms with Crippen molar-refractivity contribution in [3.05, 3.63) is 60.4 Å². The van der Waals surface area contributed by atoms with E-state index in [-0.39, 0.29) is 0 Å². The molecule has 0 unspecified atom stereocenters. The molecule has 2 aromatic carbocycles. The van der Waals surface area contributed by atoms with Gasteiger partial charge < -0.3 is 0 Å². The fourth-order valence-corrected chi connectivity index (χ4v) is 2.06. The summed E-state index contributed by atoms with van der Waals surface area (Å²) in [4.78, 5) is 0. The highest BCUT2D eigenvalue weighted by molar-refractivity contribution is 5.86. The van der Waals surface area contributed by atoms with E-state index in [1.165, 1.54) is 16.7 Å². The first-order valence-corrected chi connectivity index (χ1v) is 5.61. The van der Waals surface area contributed by atoms with E-state index in [4.69, 9.17) is 0 Å². The molecule has 0 bridgehead atoms. The number of hydrogen-bond acceptors (Lipinski definition) is 2. The van der Waals surface area contributed by atoms with Gasteiger partial charge in [-0.05, 0) is 29.7 Å². The van der Waals surface area contributed by atoms with Crippen molar-refractivity contribution >= 4 is 10.8 Å². The van der Waals surface area contributed by atoms with Gasteiger partial charge in [0.1, 0.15) is 0 Å². The highest BCUT2D eigenvalue weighted by atomic mass is 15.1. The van der Waals surface area contributed by atoms with Gasteiger partial charge in [0.25, 0.3) is 0 Å². The van der Waals surface area contributed by atoms with Crippen LogP contribution in [0.1, 0.15) is 5.56 Å². The fourth-order valence-electron chi connectivity index (χ4n) is 2.06. The molecule has 1 aromatic heterocycles. The zero-order valence-electron chi connectivity index (χ0n) is 9.59. The molecule has 2 heteroatoms. The van der Waals surface area contributed by atoms with Crippen LogP contribution < -0.4 is 0 Å². The molecule has 0 fully saturated rings. The summed E-state index contributed by atoms with van der Waals surface area (Å²) >= 11 is 0. The first kappa shape index (κ1) is 9.97. The molecule has 0 radical (unpaired) electrons. The van der Waals surface area contributed by atoms with Crippen molar-refractivity contribution in [3.63, 3.8) is 0 Å². The highest BCUT2D eigenvalue weighted by Gasteiger charge is 2.02. The van der Waals surface area contributed by atoms with Gasteiger partial charge in [-0.25, -0.2) is 0 Å². The van der Waals surface area contributed by atoms with Crippen molar-refractivity contribution in [1.29, 1.82) is 0 Å². The van der Waals surface area contributed by atoms with Gasteiger partial charge in [-0.3, -0.25) is 0 Å². The summed E-state index contributed by atoms with van der Waals surface area (Å²) in [7, 11) is 0. The Morgan fingerprint density at radius 2 is 1.59 bits per heavy atom. The van der Waals surface area contributed by atoms with Crippen LogP contribution in [0.15, 0.2) is 54.9 Å². The number of nitrogens with zero attached hydrogens (tertiary/aromatic N) is 2. The number of aryl methyl sites for hydroxylation is 1. The smallest absolute Gasteiger partial charge is 0.0574 e. The second-order valence-corrected chi connectivity index (χ2v) is 4.15. The van der Waals surface area contributed by atoms with Crippen LogP contribution in [0.4, 0.5) is 0 Å². The van der Waals surface area contributed by atoms with Crippen LogP contribution in [0.25, 0.3) is 21.9 Å². The Hall–Kier alpha value is -2.22. The fraction of sp³-hybridized carbons (Fsp3) is 0.0667. The van der Waals surface area contributed by atoms with Crippen LogP contribution in [-0.2, 0) is 0 Å². The zero-order chi connectivity index (χ0) is 11.7. The Morgan fingerprint density at radius 1 is 0.824 bits per heavy atom. The van der Waals surface area contributed by atoms with E-state index in [0.717, 1.165) is 10.8 Å². The first-order valence-electron chi connectivity index (χ1n) is 5.61. The maximum absolute atomic E-state index is 3.92. The monoisotopic (exact) mass is 220 g/mol. The van der Waals surface area contributed by atoms with Crippen LogP contribution in [0.3, 0.4) is 0 Å². The number of hydrogen-bond donors (Lipinski definition) is 0. The number of fused-ring (bicyclic) bond motifs is 1. The SMILES string of the molecule is Cc1ccccc1-c1ccc2cnncc2c1. The number of aromatic nitrogens is 2. The second-order valence-electron chi connectivity index (χ2n) is 4.15. The predicted molar refractivity (Wildman–Crippen MR) is 69.7 cm³/mol. The van der Waals surface area contributed by atoms with E-state index >= 15 is 0 Å². The van der Waals surface area contributed by atoms with Gasteiger partial charge >= 0.3 is 0 Å². The standard InChI is InChI=1S/C15H12N2/c1-11-4-2-3-5-15(11)12-6-7-13-9-16-17-10-14(13)8-12/h2-10H,1H3. The third-order valence-electron chi connectivity index (χ3n) is 3.00. The third-order valence-corrected chi connectivity index (χ3v) is 3.00. The van der Waals surface area contributed by atoms with Gasteiger partial charge in [-0.2, -0.15) is 10.2 Å². The molecule has 0 saturated carbocycles. The van der Waals surface area contributed by atoms with E-state index in [0.29, 0.717) is 0 Å². The van der Waals surface area contributed by atoms with Gasteiger partial charge in [-0.15, -0.1) is 0 Å². The molecule has 82 valence electrons. The molecule has 0 N–H and O–H groups in total. The van der Waals surface area contributed by atoms with Crippen molar-refractivity contribution in [2.75, 3.05) is 0 Å². The van der Waals surface area contributed by atoms with E-state index in [1.54, 1.807) is 12.4 Å². The van der Waals surface area contributed by atoms with Crippen molar-refractivity contribution < 1.29 is 0 Å². The van der Waals surface area contributed by atoms with E-state index < -0.39 is 0 Å². The Bertz CT molecular complexity index is 674. The van der Waals surface area contributed by atoms with Crippen LogP contribution in [0.2, 0.25) is 0 Å². The molecule has 0 aliphatic rings. The lowest BCUT2D eigenvalue weighted by Crippen LogP contribution is -1.84. The third kappa shape index (κ3) is 1.78. The second kappa shape index (κ2) is 3.98. The maximum Gasteiger partial charge on any atom is 0.0574 e. The Balaban J connectivity index is 2.22. The normalized spacial score (nSPS) is 10.6. The lowest BCUT2D eigenvalue weighted by Gasteiger charge is -2.06. The van der Waals surface area contributed by atoms with Crippen LogP contribution in [-0.4, -0.2) is 10.2 Å². The van der Waals surface area contributed by atoms with E-state index in [1.807, 2.05) is 0 Å². The maximum atomic E-state index is 3.92. The van der Waals surface area contributed by atoms with Crippen LogP contribution in [0, 0.1) is 6.92 Å². The molecule has 2 nitrogen and oxygen atoms in total. The molecular weight excluding hydrogens is 208 g/mol. The predicted octanol–water partition coefficient (Wildman–Crippen LogP) is 3.61. The molecule has 0 amide bonds. The topological polar surface area (TPSA) is 25.8 Å². The Morgan fingerprint density at radius 3 is 2.41 bits per heavy atom. The van der Waals surface area contributed by atoms with Crippen molar-refractivity contribution in [2.45, 2.75) is 6.92 Å². The summed E-state index contributed by atoms with van der Waals surface area (Å²) in [6.45, 7) is 2.13. The largest absolute Gasteiger partial charge is 0.158 e. The molecule has 17 heavy (non-hydrogen) atoms. The molecule has 3 aromatic rings. The molecule has 1 heterocycles. The van der Waals surface area contributed by atoms with Gasteiger partial charge in [0.15, 0.2) is 0 Å². The summed E-state index contributed by atoms with van der Waals surface area (Å²) in [6, 6.07) is 14.8. The summed E-state index contributed by atoms with van der Waals surface area (Å²) in [5.74, 6) is 0. The zero-order valence-corrected chi connectivity index (χ0v) is 9.59. The Kier molecular flexibility index (Phi) is 2.33. The van der Waals surface area contributed by atoms with Gasteiger partial charge in [-0.1, -0.05) is 36.4 Å². The molecule has 0 aliphatic heterocycles. The molecular formula is C15H12N2. The first-order chi connectivity index (χ1) is 8.34. The minimum atomic E-state index is 1.12. The van der Waals surface area contributed by atoms with Crippen LogP contribution >= 0.6 is 0 Å². The molecule has 3 rings (SSSR count). The average Bonchev–Trinajstić information content (AvgIpc) is 2.39.